The van der Waals surface area contributed by atoms with Crippen molar-refractivity contribution in [2.45, 2.75) is 38.5 Å². The minimum Gasteiger partial charge on any atom is -0.494 e. The lowest BCUT2D eigenvalue weighted by molar-refractivity contribution is -0.118. The van der Waals surface area contributed by atoms with Crippen LogP contribution >= 0.6 is 0 Å². The van der Waals surface area contributed by atoms with Gasteiger partial charge < -0.3 is 30.9 Å². The molecule has 2 heterocycles. The lowest BCUT2D eigenvalue weighted by Crippen LogP contribution is -2.29. The number of ether oxygens (including phenoxy) is 1. The average Bonchev–Trinajstić information content (AvgIpc) is 3.86. The molecule has 2 aromatic carbocycles. The second-order valence-electron chi connectivity index (χ2n) is 10.2. The minimum absolute atomic E-state index is 0.00167. The molecule has 0 unspecified atom stereocenters. The van der Waals surface area contributed by atoms with Crippen LogP contribution in [0.25, 0.3) is 0 Å². The normalized spacial score (nSPS) is 14.9. The van der Waals surface area contributed by atoms with Crippen molar-refractivity contribution in [2.75, 3.05) is 41.6 Å². The van der Waals surface area contributed by atoms with Crippen molar-refractivity contribution < 1.29 is 23.9 Å². The average molecular weight is 572 g/mol. The monoisotopic (exact) mass is 571 g/mol. The summed E-state index contributed by atoms with van der Waals surface area (Å²) in [6.45, 7) is 0.685. The summed E-state index contributed by atoms with van der Waals surface area (Å²) in [5.41, 5.74) is 2.28. The van der Waals surface area contributed by atoms with E-state index in [9.17, 15) is 19.2 Å². The molecule has 1 aromatic heterocycles. The van der Waals surface area contributed by atoms with Gasteiger partial charge >= 0.3 is 0 Å². The van der Waals surface area contributed by atoms with Crippen molar-refractivity contribution in [2.24, 2.45) is 5.92 Å². The highest BCUT2D eigenvalue weighted by Gasteiger charge is 2.30. The Morgan fingerprint density at radius 1 is 0.929 bits per heavy atom. The lowest BCUT2D eigenvalue weighted by Gasteiger charge is -2.21. The number of rotatable bonds is 9. The number of hydrogen-bond acceptors (Lipinski definition) is 8. The van der Waals surface area contributed by atoms with Crippen LogP contribution in [0.1, 0.15) is 59.4 Å². The smallest absolute Gasteiger partial charge is 0.273 e. The summed E-state index contributed by atoms with van der Waals surface area (Å²) >= 11 is 0. The Balaban J connectivity index is 1.36. The van der Waals surface area contributed by atoms with E-state index in [1.807, 2.05) is 12.1 Å². The molecule has 12 heteroatoms. The van der Waals surface area contributed by atoms with Crippen LogP contribution in [0.4, 0.5) is 28.6 Å². The van der Waals surface area contributed by atoms with Gasteiger partial charge in [0.15, 0.2) is 17.3 Å². The first kappa shape index (κ1) is 28.5. The van der Waals surface area contributed by atoms with Crippen molar-refractivity contribution in [3.63, 3.8) is 0 Å². The predicted molar refractivity (Wildman–Crippen MR) is 158 cm³/mol. The van der Waals surface area contributed by atoms with Crippen LogP contribution in [0.5, 0.6) is 5.75 Å². The number of carbonyl (C=O) groups is 4. The first-order valence-corrected chi connectivity index (χ1v) is 13.9. The number of carbonyl (C=O) groups excluding carboxylic acids is 4. The first-order chi connectivity index (χ1) is 20.4. The Hall–Kier alpha value is -5.00. The number of anilines is 5. The second kappa shape index (κ2) is 12.7. The summed E-state index contributed by atoms with van der Waals surface area (Å²) in [4.78, 5) is 52.3. The summed E-state index contributed by atoms with van der Waals surface area (Å²) in [6, 6.07) is 13.7. The van der Waals surface area contributed by atoms with Gasteiger partial charge in [0, 0.05) is 43.4 Å². The summed E-state index contributed by atoms with van der Waals surface area (Å²) in [6.07, 6.45) is 5.10. The molecule has 3 aromatic rings. The van der Waals surface area contributed by atoms with E-state index in [1.54, 1.807) is 35.2 Å². The number of amides is 4. The molecular formula is C30H33N7O5. The first-order valence-electron chi connectivity index (χ1n) is 13.9. The van der Waals surface area contributed by atoms with Gasteiger partial charge in [0.05, 0.1) is 24.0 Å². The van der Waals surface area contributed by atoms with Crippen molar-refractivity contribution in [1.29, 1.82) is 0 Å². The lowest BCUT2D eigenvalue weighted by atomic mass is 10.1. The fourth-order valence-electron chi connectivity index (χ4n) is 4.77. The zero-order chi connectivity index (χ0) is 29.6. The maximum atomic E-state index is 13.3. The van der Waals surface area contributed by atoms with Gasteiger partial charge in [-0.1, -0.05) is 12.5 Å². The third-order valence-corrected chi connectivity index (χ3v) is 7.18. The zero-order valence-corrected chi connectivity index (χ0v) is 23.5. The van der Waals surface area contributed by atoms with Gasteiger partial charge in [-0.25, -0.2) is 0 Å². The van der Waals surface area contributed by atoms with Gasteiger partial charge in [-0.3, -0.25) is 19.2 Å². The van der Waals surface area contributed by atoms with E-state index in [4.69, 9.17) is 4.74 Å². The van der Waals surface area contributed by atoms with Crippen LogP contribution < -0.4 is 30.9 Å². The molecule has 4 amide bonds. The fraction of sp³-hybridized carbons (Fsp3) is 0.333. The van der Waals surface area contributed by atoms with Gasteiger partial charge in [0.2, 0.25) is 11.8 Å². The Morgan fingerprint density at radius 2 is 1.71 bits per heavy atom. The quantitative estimate of drug-likeness (QED) is 0.299. The predicted octanol–water partition coefficient (Wildman–Crippen LogP) is 4.10. The van der Waals surface area contributed by atoms with E-state index in [-0.39, 0.29) is 46.2 Å². The standard InChI is InChI=1S/C30H33N7O5/c1-31-30(41)26-23(17-24(35-36-26)34-28(39)18-10-11-18)33-22-8-6-7-21(27(22)42-2)29(40)32-19-12-14-20(15-13-19)37-16-5-3-4-9-25(37)38/h6-8,12-15,17-18H,3-5,9-11,16H2,1-2H3,(H,31,41)(H,32,40)(H2,33,34,35,39). The van der Waals surface area contributed by atoms with E-state index in [0.717, 1.165) is 37.8 Å². The minimum atomic E-state index is -0.483. The van der Waals surface area contributed by atoms with Crippen LogP contribution in [-0.2, 0) is 9.59 Å². The highest BCUT2D eigenvalue weighted by atomic mass is 16.5. The topological polar surface area (TPSA) is 155 Å². The van der Waals surface area contributed by atoms with Crippen molar-refractivity contribution in [3.8, 4) is 5.75 Å². The van der Waals surface area contributed by atoms with Gasteiger partial charge in [-0.2, -0.15) is 0 Å². The molecule has 0 atom stereocenters. The number of nitrogens with one attached hydrogen (secondary N) is 4. The van der Waals surface area contributed by atoms with Crippen LogP contribution in [-0.4, -0.2) is 54.5 Å². The molecular weight excluding hydrogens is 538 g/mol. The molecule has 12 nitrogen and oxygen atoms in total. The van der Waals surface area contributed by atoms with E-state index < -0.39 is 11.8 Å². The van der Waals surface area contributed by atoms with E-state index in [1.165, 1.54) is 20.2 Å². The zero-order valence-electron chi connectivity index (χ0n) is 23.5. The molecule has 0 bridgehead atoms. The highest BCUT2D eigenvalue weighted by molar-refractivity contribution is 6.08. The molecule has 0 radical (unpaired) electrons. The third kappa shape index (κ3) is 6.48. The summed E-state index contributed by atoms with van der Waals surface area (Å²) < 4.78 is 5.62. The van der Waals surface area contributed by atoms with E-state index in [2.05, 4.69) is 31.5 Å². The number of aromatic nitrogens is 2. The van der Waals surface area contributed by atoms with Crippen molar-refractivity contribution in [3.05, 3.63) is 59.8 Å². The summed E-state index contributed by atoms with van der Waals surface area (Å²) in [5.74, 6) is -0.533. The molecule has 1 saturated heterocycles. The van der Waals surface area contributed by atoms with Gasteiger partial charge in [-0.15, -0.1) is 10.2 Å². The molecule has 42 heavy (non-hydrogen) atoms. The summed E-state index contributed by atoms with van der Waals surface area (Å²) in [5, 5.41) is 19.2. The van der Waals surface area contributed by atoms with Gasteiger partial charge in [-0.05, 0) is 62.1 Å². The number of para-hydroxylation sites is 1. The Morgan fingerprint density at radius 3 is 2.43 bits per heavy atom. The van der Waals surface area contributed by atoms with Gasteiger partial charge in [0.25, 0.3) is 11.8 Å². The molecule has 1 aliphatic carbocycles. The van der Waals surface area contributed by atoms with Gasteiger partial charge in [0.1, 0.15) is 0 Å². The number of methoxy groups -OCH3 is 1. The molecule has 5 rings (SSSR count). The number of nitrogens with zero attached hydrogens (tertiary/aromatic N) is 3. The van der Waals surface area contributed by atoms with E-state index >= 15 is 0 Å². The highest BCUT2D eigenvalue weighted by Crippen LogP contribution is 2.34. The molecule has 218 valence electrons. The third-order valence-electron chi connectivity index (χ3n) is 7.18. The molecule has 1 aliphatic heterocycles. The Kier molecular flexibility index (Phi) is 8.60. The Labute approximate surface area is 243 Å². The maximum Gasteiger partial charge on any atom is 0.273 e. The van der Waals surface area contributed by atoms with Crippen molar-refractivity contribution in [1.82, 2.24) is 15.5 Å². The molecule has 0 spiro atoms. The largest absolute Gasteiger partial charge is 0.494 e. The maximum absolute atomic E-state index is 13.3. The molecule has 2 fully saturated rings. The van der Waals surface area contributed by atoms with Crippen LogP contribution in [0.2, 0.25) is 0 Å². The van der Waals surface area contributed by atoms with E-state index in [0.29, 0.717) is 24.3 Å². The number of benzene rings is 2. The molecule has 4 N–H and O–H groups in total. The summed E-state index contributed by atoms with van der Waals surface area (Å²) in [7, 11) is 2.91. The molecule has 2 aliphatic rings. The SMILES string of the molecule is CNC(=O)c1nnc(NC(=O)C2CC2)cc1Nc1cccc(C(=O)Nc2ccc(N3CCCCCC3=O)cc2)c1OC. The van der Waals surface area contributed by atoms with Crippen LogP contribution in [0, 0.1) is 5.92 Å². The second-order valence-corrected chi connectivity index (χ2v) is 10.2. The molecule has 1 saturated carbocycles. The Bertz CT molecular complexity index is 1500. The fourth-order valence-corrected chi connectivity index (χ4v) is 4.77. The van der Waals surface area contributed by atoms with Crippen LogP contribution in [0.3, 0.4) is 0 Å². The van der Waals surface area contributed by atoms with Crippen LogP contribution in [0.15, 0.2) is 48.5 Å². The van der Waals surface area contributed by atoms with Crippen molar-refractivity contribution >= 4 is 52.2 Å². The number of hydrogen-bond donors (Lipinski definition) is 4.